The van der Waals surface area contributed by atoms with E-state index >= 15 is 0 Å². The number of halogens is 2. The quantitative estimate of drug-likeness (QED) is 0.833. The average Bonchev–Trinajstić information content (AvgIpc) is 3.00. The topological polar surface area (TPSA) is 34.9 Å². The number of hydrogen-bond acceptors (Lipinski definition) is 2. The Bertz CT molecular complexity index is 673. The number of benzene rings is 1. The predicted molar refractivity (Wildman–Crippen MR) is 81.1 cm³/mol. The molecule has 0 bridgehead atoms. The molecule has 5 heteroatoms. The number of aromatic nitrogens is 2. The van der Waals surface area contributed by atoms with Crippen LogP contribution in [0.15, 0.2) is 35.3 Å². The molecule has 1 aromatic carbocycles. The van der Waals surface area contributed by atoms with Gasteiger partial charge in [0.1, 0.15) is 5.02 Å². The summed E-state index contributed by atoms with van der Waals surface area (Å²) in [4.78, 5) is 12.0. The molecule has 1 heterocycles. The molecule has 0 spiro atoms. The minimum absolute atomic E-state index is 0.00142. The molecule has 0 saturated heterocycles. The molecule has 2 aromatic rings. The van der Waals surface area contributed by atoms with Gasteiger partial charge in [0.25, 0.3) is 5.56 Å². The van der Waals surface area contributed by atoms with Gasteiger partial charge in [-0.25, -0.2) is 0 Å². The van der Waals surface area contributed by atoms with E-state index in [0.717, 1.165) is 0 Å². The van der Waals surface area contributed by atoms with E-state index in [2.05, 4.69) is 17.2 Å². The Balaban J connectivity index is 1.95. The third-order valence-electron chi connectivity index (χ3n) is 3.84. The molecule has 1 saturated carbocycles. The summed E-state index contributed by atoms with van der Waals surface area (Å²) in [5.74, 6) is 0.655. The Hall–Kier alpha value is -1.32. The lowest BCUT2D eigenvalue weighted by molar-refractivity contribution is 0.721. The maximum atomic E-state index is 12.0. The Kier molecular flexibility index (Phi) is 3.81. The van der Waals surface area contributed by atoms with E-state index < -0.39 is 5.56 Å². The summed E-state index contributed by atoms with van der Waals surface area (Å²) in [6, 6.07) is 7.96. The summed E-state index contributed by atoms with van der Waals surface area (Å²) in [6.07, 6.45) is 6.51. The SMILES string of the molecule is O=c1c(Cl)c(Cl)cnn1-c1ccc(C2CCCC2)cc1. The Labute approximate surface area is 127 Å². The fourth-order valence-corrected chi connectivity index (χ4v) is 3.00. The Morgan fingerprint density at radius 3 is 2.40 bits per heavy atom. The smallest absolute Gasteiger partial charge is 0.266 e. The summed E-state index contributed by atoms with van der Waals surface area (Å²) in [5, 5.41) is 4.20. The van der Waals surface area contributed by atoms with Crippen LogP contribution < -0.4 is 5.56 Å². The Morgan fingerprint density at radius 1 is 1.10 bits per heavy atom. The zero-order valence-corrected chi connectivity index (χ0v) is 12.4. The van der Waals surface area contributed by atoms with Gasteiger partial charge in [-0.1, -0.05) is 48.2 Å². The van der Waals surface area contributed by atoms with Gasteiger partial charge >= 0.3 is 0 Å². The lowest BCUT2D eigenvalue weighted by atomic mass is 9.98. The van der Waals surface area contributed by atoms with Crippen LogP contribution >= 0.6 is 23.2 Å². The van der Waals surface area contributed by atoms with Crippen LogP contribution in [0.5, 0.6) is 0 Å². The number of nitrogens with zero attached hydrogens (tertiary/aromatic N) is 2. The van der Waals surface area contributed by atoms with Crippen LogP contribution in [0.25, 0.3) is 5.69 Å². The van der Waals surface area contributed by atoms with Crippen molar-refractivity contribution in [3.05, 3.63) is 56.4 Å². The predicted octanol–water partition coefficient (Wildman–Crippen LogP) is 4.20. The monoisotopic (exact) mass is 308 g/mol. The van der Waals surface area contributed by atoms with Crippen molar-refractivity contribution >= 4 is 23.2 Å². The highest BCUT2D eigenvalue weighted by molar-refractivity contribution is 6.41. The minimum atomic E-state index is -0.396. The molecular weight excluding hydrogens is 295 g/mol. The van der Waals surface area contributed by atoms with Gasteiger partial charge < -0.3 is 0 Å². The van der Waals surface area contributed by atoms with E-state index in [0.29, 0.717) is 11.6 Å². The molecule has 104 valence electrons. The summed E-state index contributed by atoms with van der Waals surface area (Å²) in [6.45, 7) is 0. The van der Waals surface area contributed by atoms with Crippen LogP contribution in [0, 0.1) is 0 Å². The fraction of sp³-hybridized carbons (Fsp3) is 0.333. The lowest BCUT2D eigenvalue weighted by Crippen LogP contribution is -2.21. The molecule has 0 N–H and O–H groups in total. The Morgan fingerprint density at radius 2 is 1.75 bits per heavy atom. The normalized spacial score (nSPS) is 15.7. The van der Waals surface area contributed by atoms with E-state index in [1.54, 1.807) is 0 Å². The van der Waals surface area contributed by atoms with Gasteiger partial charge in [-0.2, -0.15) is 9.78 Å². The molecule has 3 nitrogen and oxygen atoms in total. The van der Waals surface area contributed by atoms with Gasteiger partial charge in [0.2, 0.25) is 0 Å². The molecular formula is C15H14Cl2N2O. The molecule has 0 radical (unpaired) electrons. The van der Waals surface area contributed by atoms with Crippen LogP contribution in [0.3, 0.4) is 0 Å². The fourth-order valence-electron chi connectivity index (χ4n) is 2.74. The zero-order chi connectivity index (χ0) is 14.1. The molecule has 1 fully saturated rings. The highest BCUT2D eigenvalue weighted by Gasteiger charge is 2.17. The van der Waals surface area contributed by atoms with Crippen molar-refractivity contribution in [1.29, 1.82) is 0 Å². The average molecular weight is 309 g/mol. The van der Waals surface area contributed by atoms with Crippen molar-refractivity contribution in [2.45, 2.75) is 31.6 Å². The molecule has 0 aliphatic heterocycles. The molecule has 20 heavy (non-hydrogen) atoms. The van der Waals surface area contributed by atoms with Crippen LogP contribution in [-0.4, -0.2) is 9.78 Å². The highest BCUT2D eigenvalue weighted by Crippen LogP contribution is 2.34. The van der Waals surface area contributed by atoms with Crippen LogP contribution in [0.1, 0.15) is 37.2 Å². The summed E-state index contributed by atoms with van der Waals surface area (Å²) in [5.41, 5.74) is 1.64. The summed E-state index contributed by atoms with van der Waals surface area (Å²) >= 11 is 11.6. The molecule has 1 aliphatic rings. The molecule has 0 atom stereocenters. The van der Waals surface area contributed by atoms with Crippen molar-refractivity contribution in [3.63, 3.8) is 0 Å². The number of rotatable bonds is 2. The van der Waals surface area contributed by atoms with E-state index in [1.165, 1.54) is 42.1 Å². The van der Waals surface area contributed by atoms with Gasteiger partial charge in [-0.3, -0.25) is 4.79 Å². The maximum Gasteiger partial charge on any atom is 0.291 e. The summed E-state index contributed by atoms with van der Waals surface area (Å²) < 4.78 is 1.27. The van der Waals surface area contributed by atoms with Crippen LogP contribution in [0.4, 0.5) is 0 Å². The lowest BCUT2D eigenvalue weighted by Gasteiger charge is -2.11. The van der Waals surface area contributed by atoms with Crippen LogP contribution in [0.2, 0.25) is 10.0 Å². The van der Waals surface area contributed by atoms with Crippen molar-refractivity contribution < 1.29 is 0 Å². The van der Waals surface area contributed by atoms with E-state index in [-0.39, 0.29) is 10.0 Å². The van der Waals surface area contributed by atoms with Crippen molar-refractivity contribution in [3.8, 4) is 5.69 Å². The molecule has 1 aromatic heterocycles. The van der Waals surface area contributed by atoms with E-state index in [1.807, 2.05) is 12.1 Å². The van der Waals surface area contributed by atoms with Gasteiger partial charge in [0.15, 0.2) is 0 Å². The minimum Gasteiger partial charge on any atom is -0.266 e. The van der Waals surface area contributed by atoms with E-state index in [9.17, 15) is 4.79 Å². The maximum absolute atomic E-state index is 12.0. The molecule has 0 unspecified atom stereocenters. The second-order valence-corrected chi connectivity index (χ2v) is 5.88. The van der Waals surface area contributed by atoms with Crippen molar-refractivity contribution in [1.82, 2.24) is 9.78 Å². The second-order valence-electron chi connectivity index (χ2n) is 5.10. The number of hydrogen-bond donors (Lipinski definition) is 0. The first kappa shape index (κ1) is 13.7. The van der Waals surface area contributed by atoms with Crippen LogP contribution in [-0.2, 0) is 0 Å². The first-order valence-corrected chi connectivity index (χ1v) is 7.46. The molecule has 3 rings (SSSR count). The van der Waals surface area contributed by atoms with Crippen molar-refractivity contribution in [2.24, 2.45) is 0 Å². The van der Waals surface area contributed by atoms with Gasteiger partial charge in [-0.15, -0.1) is 0 Å². The zero-order valence-electron chi connectivity index (χ0n) is 10.9. The standard InChI is InChI=1S/C15H14Cl2N2O/c16-13-9-18-19(15(20)14(13)17)12-7-5-11(6-8-12)10-3-1-2-4-10/h5-10H,1-4H2. The molecule has 0 amide bonds. The van der Waals surface area contributed by atoms with Crippen molar-refractivity contribution in [2.75, 3.05) is 0 Å². The first-order valence-electron chi connectivity index (χ1n) is 6.70. The van der Waals surface area contributed by atoms with E-state index in [4.69, 9.17) is 23.2 Å². The summed E-state index contributed by atoms with van der Waals surface area (Å²) in [7, 11) is 0. The van der Waals surface area contributed by atoms with Gasteiger partial charge in [-0.05, 0) is 36.5 Å². The second kappa shape index (κ2) is 5.58. The first-order chi connectivity index (χ1) is 9.66. The third kappa shape index (κ3) is 2.48. The van der Waals surface area contributed by atoms with Gasteiger partial charge in [0.05, 0.1) is 16.9 Å². The largest absolute Gasteiger partial charge is 0.291 e. The highest BCUT2D eigenvalue weighted by atomic mass is 35.5. The molecule has 1 aliphatic carbocycles. The van der Waals surface area contributed by atoms with Gasteiger partial charge in [0, 0.05) is 0 Å². The third-order valence-corrected chi connectivity index (χ3v) is 4.59.